The second-order valence-electron chi connectivity index (χ2n) is 4.34. The van der Waals surface area contributed by atoms with Crippen molar-refractivity contribution in [3.63, 3.8) is 0 Å². The molecule has 0 spiro atoms. The van der Waals surface area contributed by atoms with E-state index < -0.39 is 5.97 Å². The second kappa shape index (κ2) is 5.84. The number of halogens is 2. The third-order valence-electron chi connectivity index (χ3n) is 2.92. The number of aliphatic imine (C=N–C) groups is 1. The van der Waals surface area contributed by atoms with E-state index in [-0.39, 0.29) is 11.6 Å². The number of carbonyl (C=O) groups excluding carboxylic acids is 1. The van der Waals surface area contributed by atoms with Crippen LogP contribution in [0, 0.1) is 0 Å². The van der Waals surface area contributed by atoms with Crippen LogP contribution < -0.4 is 0 Å². The molecule has 0 bridgehead atoms. The molecule has 5 heteroatoms. The van der Waals surface area contributed by atoms with Crippen molar-refractivity contribution in [2.24, 2.45) is 4.99 Å². The molecule has 21 heavy (non-hydrogen) atoms. The van der Waals surface area contributed by atoms with Crippen LogP contribution in [0.2, 0.25) is 5.02 Å². The van der Waals surface area contributed by atoms with Gasteiger partial charge in [-0.05, 0) is 29.8 Å². The third kappa shape index (κ3) is 2.91. The highest BCUT2D eigenvalue weighted by Crippen LogP contribution is 2.25. The monoisotopic (exact) mass is 361 g/mol. The van der Waals surface area contributed by atoms with E-state index in [4.69, 9.17) is 16.3 Å². The molecule has 0 amide bonds. The minimum Gasteiger partial charge on any atom is -0.402 e. The van der Waals surface area contributed by atoms with E-state index in [0.29, 0.717) is 10.6 Å². The lowest BCUT2D eigenvalue weighted by Crippen LogP contribution is -2.05. The summed E-state index contributed by atoms with van der Waals surface area (Å²) in [6, 6.07) is 14.7. The topological polar surface area (TPSA) is 38.7 Å². The van der Waals surface area contributed by atoms with Gasteiger partial charge in [-0.15, -0.1) is 0 Å². The first-order valence-electron chi connectivity index (χ1n) is 6.17. The smallest absolute Gasteiger partial charge is 0.363 e. The summed E-state index contributed by atoms with van der Waals surface area (Å²) in [6.45, 7) is 0. The van der Waals surface area contributed by atoms with Gasteiger partial charge in [-0.3, -0.25) is 0 Å². The van der Waals surface area contributed by atoms with Gasteiger partial charge in [0, 0.05) is 4.47 Å². The lowest BCUT2D eigenvalue weighted by molar-refractivity contribution is -0.129. The van der Waals surface area contributed by atoms with Gasteiger partial charge in [0.05, 0.1) is 10.6 Å². The Morgan fingerprint density at radius 1 is 1.10 bits per heavy atom. The van der Waals surface area contributed by atoms with Crippen LogP contribution in [-0.2, 0) is 9.53 Å². The second-order valence-corrected chi connectivity index (χ2v) is 5.60. The van der Waals surface area contributed by atoms with E-state index in [1.165, 1.54) is 0 Å². The Morgan fingerprint density at radius 2 is 1.81 bits per heavy atom. The van der Waals surface area contributed by atoms with Gasteiger partial charge >= 0.3 is 5.97 Å². The lowest BCUT2D eigenvalue weighted by atomic mass is 10.2. The SMILES string of the molecule is O=C1OC(c2ccccc2Cl)=N/C1=C\c1ccccc1Br. The molecule has 0 aliphatic carbocycles. The summed E-state index contributed by atoms with van der Waals surface area (Å²) in [4.78, 5) is 16.2. The molecule has 0 radical (unpaired) electrons. The molecule has 0 aromatic heterocycles. The first-order chi connectivity index (χ1) is 10.1. The molecule has 0 fully saturated rings. The number of hydrogen-bond acceptors (Lipinski definition) is 3. The molecule has 0 saturated heterocycles. The molecule has 1 heterocycles. The van der Waals surface area contributed by atoms with Crippen molar-refractivity contribution in [1.82, 2.24) is 0 Å². The van der Waals surface area contributed by atoms with Gasteiger partial charge in [0.2, 0.25) is 5.90 Å². The minimum atomic E-state index is -0.485. The average Bonchev–Trinajstić information content (AvgIpc) is 2.83. The van der Waals surface area contributed by atoms with Crippen LogP contribution in [0.15, 0.2) is 63.7 Å². The summed E-state index contributed by atoms with van der Waals surface area (Å²) >= 11 is 9.51. The first kappa shape index (κ1) is 14.0. The first-order valence-corrected chi connectivity index (χ1v) is 7.34. The summed E-state index contributed by atoms with van der Waals surface area (Å²) in [5.41, 5.74) is 1.70. The highest BCUT2D eigenvalue weighted by molar-refractivity contribution is 9.10. The number of nitrogens with zero attached hydrogens (tertiary/aromatic N) is 1. The predicted molar refractivity (Wildman–Crippen MR) is 86.2 cm³/mol. The zero-order chi connectivity index (χ0) is 14.8. The molecule has 0 N–H and O–H groups in total. The quantitative estimate of drug-likeness (QED) is 0.585. The molecule has 2 aromatic carbocycles. The van der Waals surface area contributed by atoms with Crippen molar-refractivity contribution in [2.75, 3.05) is 0 Å². The van der Waals surface area contributed by atoms with E-state index in [9.17, 15) is 4.79 Å². The third-order valence-corrected chi connectivity index (χ3v) is 3.97. The Kier molecular flexibility index (Phi) is 3.90. The fourth-order valence-corrected chi connectivity index (χ4v) is 2.51. The maximum absolute atomic E-state index is 11.9. The fourth-order valence-electron chi connectivity index (χ4n) is 1.90. The van der Waals surface area contributed by atoms with E-state index in [2.05, 4.69) is 20.9 Å². The predicted octanol–water partition coefficient (Wildman–Crippen LogP) is 4.45. The maximum atomic E-state index is 11.9. The normalized spacial score (nSPS) is 16.0. The molecule has 2 aromatic rings. The highest BCUT2D eigenvalue weighted by atomic mass is 79.9. The van der Waals surface area contributed by atoms with Crippen molar-refractivity contribution < 1.29 is 9.53 Å². The van der Waals surface area contributed by atoms with Crippen molar-refractivity contribution in [2.45, 2.75) is 0 Å². The lowest BCUT2D eigenvalue weighted by Gasteiger charge is -2.00. The Morgan fingerprint density at radius 3 is 2.57 bits per heavy atom. The number of rotatable bonds is 2. The Balaban J connectivity index is 2.00. The summed E-state index contributed by atoms with van der Waals surface area (Å²) in [6.07, 6.45) is 1.68. The average molecular weight is 363 g/mol. The number of esters is 1. The van der Waals surface area contributed by atoms with Gasteiger partial charge in [-0.25, -0.2) is 9.79 Å². The van der Waals surface area contributed by atoms with Crippen LogP contribution in [0.3, 0.4) is 0 Å². The number of ether oxygens (including phenoxy) is 1. The number of hydrogen-bond donors (Lipinski definition) is 0. The zero-order valence-electron chi connectivity index (χ0n) is 10.7. The molecule has 0 atom stereocenters. The fraction of sp³-hybridized carbons (Fsp3) is 0. The molecule has 3 nitrogen and oxygen atoms in total. The van der Waals surface area contributed by atoms with Gasteiger partial charge in [0.25, 0.3) is 0 Å². The van der Waals surface area contributed by atoms with Crippen molar-refractivity contribution in [3.05, 3.63) is 74.9 Å². The largest absolute Gasteiger partial charge is 0.402 e. The number of benzene rings is 2. The summed E-state index contributed by atoms with van der Waals surface area (Å²) in [7, 11) is 0. The standard InChI is InChI=1S/C16H9BrClNO2/c17-12-7-3-1-5-10(12)9-14-16(20)21-15(19-14)11-6-2-4-8-13(11)18/h1-9H/b14-9-. The van der Waals surface area contributed by atoms with Crippen molar-refractivity contribution in [3.8, 4) is 0 Å². The Labute approximate surface area is 135 Å². The molecule has 3 rings (SSSR count). The van der Waals surface area contributed by atoms with Crippen LogP contribution in [0.1, 0.15) is 11.1 Å². The number of cyclic esters (lactones) is 1. The zero-order valence-corrected chi connectivity index (χ0v) is 13.1. The minimum absolute atomic E-state index is 0.226. The van der Waals surface area contributed by atoms with E-state index in [0.717, 1.165) is 10.0 Å². The maximum Gasteiger partial charge on any atom is 0.363 e. The van der Waals surface area contributed by atoms with Crippen LogP contribution in [0.4, 0.5) is 0 Å². The van der Waals surface area contributed by atoms with Crippen molar-refractivity contribution >= 4 is 45.5 Å². The molecule has 104 valence electrons. The molecular formula is C16H9BrClNO2. The van der Waals surface area contributed by atoms with E-state index >= 15 is 0 Å². The van der Waals surface area contributed by atoms with Crippen LogP contribution in [0.25, 0.3) is 6.08 Å². The van der Waals surface area contributed by atoms with Crippen LogP contribution >= 0.6 is 27.5 Å². The number of carbonyl (C=O) groups is 1. The van der Waals surface area contributed by atoms with Crippen molar-refractivity contribution in [1.29, 1.82) is 0 Å². The van der Waals surface area contributed by atoms with Gasteiger partial charge in [-0.1, -0.05) is 57.9 Å². The molecule has 1 aliphatic rings. The molecular weight excluding hydrogens is 354 g/mol. The van der Waals surface area contributed by atoms with Crippen LogP contribution in [-0.4, -0.2) is 11.9 Å². The van der Waals surface area contributed by atoms with Gasteiger partial charge in [0.1, 0.15) is 0 Å². The summed E-state index contributed by atoms with van der Waals surface area (Å²) in [5.74, 6) is -0.260. The highest BCUT2D eigenvalue weighted by Gasteiger charge is 2.25. The van der Waals surface area contributed by atoms with Gasteiger partial charge in [0.15, 0.2) is 5.70 Å². The van der Waals surface area contributed by atoms with E-state index in [1.807, 2.05) is 30.3 Å². The molecule has 1 aliphatic heterocycles. The molecule has 0 saturated carbocycles. The summed E-state index contributed by atoms with van der Waals surface area (Å²) < 4.78 is 6.08. The Hall–Kier alpha value is -1.91. The van der Waals surface area contributed by atoms with E-state index in [1.54, 1.807) is 24.3 Å². The van der Waals surface area contributed by atoms with Gasteiger partial charge < -0.3 is 4.74 Å². The Bertz CT molecular complexity index is 783. The summed E-state index contributed by atoms with van der Waals surface area (Å²) in [5, 5.41) is 0.492. The van der Waals surface area contributed by atoms with Gasteiger partial charge in [-0.2, -0.15) is 0 Å². The van der Waals surface area contributed by atoms with Crippen LogP contribution in [0.5, 0.6) is 0 Å². The molecule has 0 unspecified atom stereocenters.